The van der Waals surface area contributed by atoms with Gasteiger partial charge in [-0.2, -0.15) is 0 Å². The molecule has 0 aliphatic rings. The Hall–Kier alpha value is -3.94. The van der Waals surface area contributed by atoms with E-state index in [0.29, 0.717) is 29.0 Å². The fourth-order valence-corrected chi connectivity index (χ4v) is 2.57. The van der Waals surface area contributed by atoms with Crippen LogP contribution in [0.2, 0.25) is 0 Å². The van der Waals surface area contributed by atoms with Gasteiger partial charge in [-0.15, -0.1) is 0 Å². The first-order chi connectivity index (χ1) is 13.7. The number of hydrogen-bond acceptors (Lipinski definition) is 7. The molecule has 0 spiro atoms. The Morgan fingerprint density at radius 1 is 1.04 bits per heavy atom. The van der Waals surface area contributed by atoms with Crippen molar-refractivity contribution in [1.29, 1.82) is 0 Å². The van der Waals surface area contributed by atoms with E-state index in [1.807, 2.05) is 30.3 Å². The molecule has 2 N–H and O–H groups in total. The van der Waals surface area contributed by atoms with Crippen molar-refractivity contribution in [3.63, 3.8) is 0 Å². The van der Waals surface area contributed by atoms with Gasteiger partial charge in [0.15, 0.2) is 11.6 Å². The molecule has 140 valence electrons. The molecule has 3 heterocycles. The number of aryl methyl sites for hydroxylation is 1. The first kappa shape index (κ1) is 17.5. The summed E-state index contributed by atoms with van der Waals surface area (Å²) >= 11 is 0. The van der Waals surface area contributed by atoms with Gasteiger partial charge in [-0.25, -0.2) is 9.97 Å². The molecule has 0 atom stereocenters. The van der Waals surface area contributed by atoms with Crippen molar-refractivity contribution in [2.45, 2.75) is 13.5 Å². The average Bonchev–Trinajstić information content (AvgIpc) is 3.38. The van der Waals surface area contributed by atoms with Crippen LogP contribution >= 0.6 is 0 Å². The minimum Gasteiger partial charge on any atom is -0.467 e. The average molecular weight is 375 g/mol. The maximum absolute atomic E-state index is 12.6. The monoisotopic (exact) mass is 375 g/mol. The number of furan rings is 1. The Balaban J connectivity index is 1.63. The van der Waals surface area contributed by atoms with E-state index in [1.165, 1.54) is 0 Å². The van der Waals surface area contributed by atoms with E-state index in [1.54, 1.807) is 37.5 Å². The maximum Gasteiger partial charge on any atom is 0.270 e. The third-order valence-corrected chi connectivity index (χ3v) is 3.88. The van der Waals surface area contributed by atoms with Gasteiger partial charge in [0.05, 0.1) is 12.8 Å². The van der Waals surface area contributed by atoms with Gasteiger partial charge in [0.2, 0.25) is 0 Å². The van der Waals surface area contributed by atoms with Crippen molar-refractivity contribution >= 4 is 17.5 Å². The molecular weight excluding hydrogens is 358 g/mol. The molecule has 4 rings (SSSR count). The molecule has 0 saturated heterocycles. The number of amides is 1. The summed E-state index contributed by atoms with van der Waals surface area (Å²) < 4.78 is 10.3. The zero-order valence-corrected chi connectivity index (χ0v) is 15.0. The number of carbonyl (C=O) groups is 1. The Bertz CT molecular complexity index is 1070. The highest BCUT2D eigenvalue weighted by Crippen LogP contribution is 2.20. The van der Waals surface area contributed by atoms with Gasteiger partial charge in [-0.1, -0.05) is 35.5 Å². The quantitative estimate of drug-likeness (QED) is 0.529. The summed E-state index contributed by atoms with van der Waals surface area (Å²) in [6.07, 6.45) is 1.56. The molecule has 0 fully saturated rings. The van der Waals surface area contributed by atoms with Crippen LogP contribution in [0.1, 0.15) is 22.0 Å². The molecule has 0 aliphatic carbocycles. The number of rotatable bonds is 6. The Labute approximate surface area is 160 Å². The smallest absolute Gasteiger partial charge is 0.270 e. The highest BCUT2D eigenvalue weighted by atomic mass is 16.5. The molecule has 0 unspecified atom stereocenters. The van der Waals surface area contributed by atoms with Crippen LogP contribution in [0.15, 0.2) is 69.8 Å². The lowest BCUT2D eigenvalue weighted by Crippen LogP contribution is -2.24. The summed E-state index contributed by atoms with van der Waals surface area (Å²) in [6.45, 7) is 2.06. The van der Waals surface area contributed by atoms with Gasteiger partial charge in [0.25, 0.3) is 5.91 Å². The van der Waals surface area contributed by atoms with Crippen molar-refractivity contribution in [2.75, 3.05) is 5.32 Å². The van der Waals surface area contributed by atoms with E-state index in [4.69, 9.17) is 8.94 Å². The predicted molar refractivity (Wildman–Crippen MR) is 102 cm³/mol. The van der Waals surface area contributed by atoms with Crippen LogP contribution in [0.3, 0.4) is 0 Å². The number of nitrogens with one attached hydrogen (secondary N) is 2. The maximum atomic E-state index is 12.6. The minimum atomic E-state index is -0.338. The summed E-state index contributed by atoms with van der Waals surface area (Å²) in [4.78, 5) is 21.5. The Kier molecular flexibility index (Phi) is 4.83. The molecule has 1 amide bonds. The molecule has 0 aliphatic heterocycles. The summed E-state index contributed by atoms with van der Waals surface area (Å²) in [7, 11) is 0. The number of hydrogen-bond donors (Lipinski definition) is 2. The molecule has 1 aromatic carbocycles. The summed E-state index contributed by atoms with van der Waals surface area (Å²) in [6, 6.07) is 16.3. The highest BCUT2D eigenvalue weighted by molar-refractivity contribution is 5.93. The third-order valence-electron chi connectivity index (χ3n) is 3.88. The van der Waals surface area contributed by atoms with Crippen LogP contribution in [0, 0.1) is 6.92 Å². The molecule has 3 aromatic heterocycles. The van der Waals surface area contributed by atoms with Gasteiger partial charge >= 0.3 is 0 Å². The number of anilines is 2. The van der Waals surface area contributed by atoms with Crippen LogP contribution in [0.4, 0.5) is 11.6 Å². The van der Waals surface area contributed by atoms with E-state index in [2.05, 4.69) is 25.8 Å². The van der Waals surface area contributed by atoms with Crippen LogP contribution in [0.5, 0.6) is 0 Å². The second-order valence-corrected chi connectivity index (χ2v) is 6.04. The lowest BCUT2D eigenvalue weighted by molar-refractivity contribution is 0.0943. The van der Waals surface area contributed by atoms with E-state index >= 15 is 0 Å². The summed E-state index contributed by atoms with van der Waals surface area (Å²) in [5.41, 5.74) is 1.02. The number of carbonyl (C=O) groups excluding carboxylic acids is 1. The van der Waals surface area contributed by atoms with Crippen LogP contribution in [0.25, 0.3) is 11.4 Å². The SMILES string of the molecule is Cc1cc(Nc2cc(C(=O)NCc3ccco3)nc(-c3ccccc3)n2)no1. The zero-order valence-electron chi connectivity index (χ0n) is 15.0. The van der Waals surface area contributed by atoms with Crippen LogP contribution in [-0.4, -0.2) is 21.0 Å². The summed E-state index contributed by atoms with van der Waals surface area (Å²) in [5, 5.41) is 9.73. The molecule has 28 heavy (non-hydrogen) atoms. The lowest BCUT2D eigenvalue weighted by atomic mass is 10.2. The number of aromatic nitrogens is 3. The van der Waals surface area contributed by atoms with E-state index in [0.717, 1.165) is 5.56 Å². The van der Waals surface area contributed by atoms with Crippen LogP contribution in [-0.2, 0) is 6.54 Å². The highest BCUT2D eigenvalue weighted by Gasteiger charge is 2.14. The summed E-state index contributed by atoms with van der Waals surface area (Å²) in [5.74, 6) is 2.34. The lowest BCUT2D eigenvalue weighted by Gasteiger charge is -2.09. The van der Waals surface area contributed by atoms with Crippen molar-refractivity contribution < 1.29 is 13.7 Å². The molecule has 4 aromatic rings. The predicted octanol–water partition coefficient (Wildman–Crippen LogP) is 3.71. The van der Waals surface area contributed by atoms with Crippen molar-refractivity contribution in [2.24, 2.45) is 0 Å². The van der Waals surface area contributed by atoms with Crippen molar-refractivity contribution in [3.05, 3.63) is 78.1 Å². The van der Waals surface area contributed by atoms with E-state index < -0.39 is 0 Å². The first-order valence-electron chi connectivity index (χ1n) is 8.63. The van der Waals surface area contributed by atoms with Gasteiger partial charge in [-0.3, -0.25) is 4.79 Å². The fraction of sp³-hybridized carbons (Fsp3) is 0.100. The van der Waals surface area contributed by atoms with E-state index in [-0.39, 0.29) is 18.1 Å². The molecule has 0 radical (unpaired) electrons. The number of benzene rings is 1. The molecule has 0 bridgehead atoms. The van der Waals surface area contributed by atoms with Crippen LogP contribution < -0.4 is 10.6 Å². The van der Waals surface area contributed by atoms with Gasteiger partial charge in [0, 0.05) is 17.7 Å². The first-order valence-corrected chi connectivity index (χ1v) is 8.63. The van der Waals surface area contributed by atoms with Gasteiger partial charge < -0.3 is 19.6 Å². The molecule has 8 nitrogen and oxygen atoms in total. The third kappa shape index (κ3) is 4.07. The molecular formula is C20H17N5O3. The Morgan fingerprint density at radius 3 is 2.61 bits per heavy atom. The van der Waals surface area contributed by atoms with Crippen molar-refractivity contribution in [1.82, 2.24) is 20.4 Å². The second kappa shape index (κ2) is 7.75. The molecule has 0 saturated carbocycles. The molecule has 8 heteroatoms. The zero-order chi connectivity index (χ0) is 19.3. The minimum absolute atomic E-state index is 0.225. The fourth-order valence-electron chi connectivity index (χ4n) is 2.57. The largest absolute Gasteiger partial charge is 0.467 e. The standard InChI is InChI=1S/C20H17N5O3/c1-13-10-18(25-28-13)23-17-11-16(20(26)21-12-15-8-5-9-27-15)22-19(24-17)14-6-3-2-4-7-14/h2-11H,12H2,1H3,(H,21,26)(H,22,23,24,25). The number of nitrogens with zero attached hydrogens (tertiary/aromatic N) is 3. The van der Waals surface area contributed by atoms with Crippen molar-refractivity contribution in [3.8, 4) is 11.4 Å². The Morgan fingerprint density at radius 2 is 1.89 bits per heavy atom. The van der Waals surface area contributed by atoms with Gasteiger partial charge in [0.1, 0.15) is 23.0 Å². The van der Waals surface area contributed by atoms with E-state index in [9.17, 15) is 4.79 Å². The van der Waals surface area contributed by atoms with Gasteiger partial charge in [-0.05, 0) is 19.1 Å². The second-order valence-electron chi connectivity index (χ2n) is 6.04. The topological polar surface area (TPSA) is 106 Å². The normalized spacial score (nSPS) is 10.6.